The van der Waals surface area contributed by atoms with Crippen LogP contribution in [0.25, 0.3) is 0 Å². The van der Waals surface area contributed by atoms with Crippen molar-refractivity contribution >= 4 is 35.1 Å². The first-order chi connectivity index (χ1) is 16.0. The zero-order valence-electron chi connectivity index (χ0n) is 19.1. The number of carbonyl (C=O) groups is 3. The number of esters is 1. The summed E-state index contributed by atoms with van der Waals surface area (Å²) in [5.74, 6) is -0.497. The number of ether oxygens (including phenoxy) is 2. The molecule has 0 bridgehead atoms. The molecule has 33 heavy (non-hydrogen) atoms. The van der Waals surface area contributed by atoms with Gasteiger partial charge in [0.05, 0.1) is 13.0 Å². The van der Waals surface area contributed by atoms with Gasteiger partial charge in [0.2, 0.25) is 5.91 Å². The van der Waals surface area contributed by atoms with E-state index in [1.165, 1.54) is 0 Å². The van der Waals surface area contributed by atoms with E-state index in [4.69, 9.17) is 21.7 Å². The van der Waals surface area contributed by atoms with E-state index in [0.717, 1.165) is 44.9 Å². The second-order valence-corrected chi connectivity index (χ2v) is 8.83. The average molecular weight is 476 g/mol. The Kier molecular flexibility index (Phi) is 9.47. The number of nitrogens with zero attached hydrogens (tertiary/aromatic N) is 1. The summed E-state index contributed by atoms with van der Waals surface area (Å²) in [5.41, 5.74) is 0.404. The Labute approximate surface area is 200 Å². The van der Waals surface area contributed by atoms with Crippen molar-refractivity contribution < 1.29 is 23.9 Å². The topological polar surface area (TPSA) is 97.0 Å². The van der Waals surface area contributed by atoms with Crippen molar-refractivity contribution in [1.29, 1.82) is 0 Å². The first-order valence-corrected chi connectivity index (χ1v) is 12.2. The largest absolute Gasteiger partial charge is 0.494 e. The molecule has 1 heterocycles. The number of thiocarbonyl (C=S) groups is 1. The molecular formula is C24H33N3O5S. The SMILES string of the molecule is CCCCOc1cccc(C(=O)NC(=S)N2CCNC(=O)C2CC(=O)OC2CCCCC2)c1. The van der Waals surface area contributed by atoms with Gasteiger partial charge in [0.15, 0.2) is 5.11 Å². The molecule has 1 saturated carbocycles. The van der Waals surface area contributed by atoms with Gasteiger partial charge in [-0.25, -0.2) is 0 Å². The molecule has 0 aromatic heterocycles. The summed E-state index contributed by atoms with van der Waals surface area (Å²) >= 11 is 5.44. The summed E-state index contributed by atoms with van der Waals surface area (Å²) in [4.78, 5) is 39.4. The molecule has 2 N–H and O–H groups in total. The quantitative estimate of drug-likeness (QED) is 0.339. The second kappa shape index (κ2) is 12.5. The van der Waals surface area contributed by atoms with Gasteiger partial charge in [-0.05, 0) is 62.5 Å². The van der Waals surface area contributed by atoms with Crippen LogP contribution in [0.5, 0.6) is 5.75 Å². The molecule has 1 aliphatic carbocycles. The first-order valence-electron chi connectivity index (χ1n) is 11.8. The highest BCUT2D eigenvalue weighted by Gasteiger charge is 2.35. The highest BCUT2D eigenvalue weighted by atomic mass is 32.1. The monoisotopic (exact) mass is 475 g/mol. The molecule has 1 aliphatic heterocycles. The van der Waals surface area contributed by atoms with Gasteiger partial charge in [-0.2, -0.15) is 0 Å². The Hall–Kier alpha value is -2.68. The third-order valence-electron chi connectivity index (χ3n) is 5.89. The number of piperazine rings is 1. The molecule has 0 spiro atoms. The van der Waals surface area contributed by atoms with Crippen molar-refractivity contribution in [3.05, 3.63) is 29.8 Å². The number of unbranched alkanes of at least 4 members (excludes halogenated alkanes) is 1. The third-order valence-corrected chi connectivity index (χ3v) is 6.22. The van der Waals surface area contributed by atoms with Crippen molar-refractivity contribution in [3.8, 4) is 5.75 Å². The summed E-state index contributed by atoms with van der Waals surface area (Å²) in [7, 11) is 0. The molecule has 2 aliphatic rings. The Bertz CT molecular complexity index is 856. The molecule has 9 heteroatoms. The minimum Gasteiger partial charge on any atom is -0.494 e. The van der Waals surface area contributed by atoms with Crippen LogP contribution < -0.4 is 15.4 Å². The Morgan fingerprint density at radius 3 is 2.79 bits per heavy atom. The maximum Gasteiger partial charge on any atom is 0.308 e. The zero-order chi connectivity index (χ0) is 23.6. The van der Waals surface area contributed by atoms with E-state index in [9.17, 15) is 14.4 Å². The summed E-state index contributed by atoms with van der Waals surface area (Å²) in [6, 6.07) is 6.07. The molecule has 2 fully saturated rings. The van der Waals surface area contributed by atoms with E-state index >= 15 is 0 Å². The summed E-state index contributed by atoms with van der Waals surface area (Å²) < 4.78 is 11.3. The van der Waals surface area contributed by atoms with E-state index in [-0.39, 0.29) is 23.5 Å². The summed E-state index contributed by atoms with van der Waals surface area (Å²) in [6.45, 7) is 3.44. The Balaban J connectivity index is 1.59. The Morgan fingerprint density at radius 2 is 2.03 bits per heavy atom. The van der Waals surface area contributed by atoms with Crippen molar-refractivity contribution in [2.75, 3.05) is 19.7 Å². The van der Waals surface area contributed by atoms with Crippen LogP contribution in [0.4, 0.5) is 0 Å². The summed E-state index contributed by atoms with van der Waals surface area (Å²) in [5, 5.41) is 5.58. The van der Waals surface area contributed by atoms with Crippen LogP contribution in [0, 0.1) is 0 Å². The smallest absolute Gasteiger partial charge is 0.308 e. The average Bonchev–Trinajstić information content (AvgIpc) is 2.81. The van der Waals surface area contributed by atoms with Crippen LogP contribution in [0.15, 0.2) is 24.3 Å². The molecule has 1 aromatic carbocycles. The number of rotatable bonds is 8. The highest BCUT2D eigenvalue weighted by molar-refractivity contribution is 7.80. The standard InChI is InChI=1S/C24H33N3O5S/c1-2-3-14-31-19-11-7-8-17(15-19)22(29)26-24(33)27-13-12-25-23(30)20(27)16-21(28)32-18-9-5-4-6-10-18/h7-8,11,15,18,20H,2-6,9-10,12-14,16H2,1H3,(H,25,30)(H,26,29,33). The first kappa shape index (κ1) is 25.0. The van der Waals surface area contributed by atoms with Crippen LogP contribution in [-0.2, 0) is 14.3 Å². The number of nitrogens with one attached hydrogen (secondary N) is 2. The maximum atomic E-state index is 12.8. The zero-order valence-corrected chi connectivity index (χ0v) is 20.0. The molecule has 1 aromatic rings. The number of amides is 2. The fourth-order valence-corrected chi connectivity index (χ4v) is 4.35. The molecular weight excluding hydrogens is 442 g/mol. The van der Waals surface area contributed by atoms with Crippen molar-refractivity contribution in [3.63, 3.8) is 0 Å². The minimum atomic E-state index is -0.814. The van der Waals surface area contributed by atoms with Gasteiger partial charge in [0.25, 0.3) is 5.91 Å². The molecule has 1 atom stereocenters. The predicted octanol–water partition coefficient (Wildman–Crippen LogP) is 2.95. The van der Waals surface area contributed by atoms with Crippen LogP contribution >= 0.6 is 12.2 Å². The van der Waals surface area contributed by atoms with Crippen LogP contribution in [0.1, 0.15) is 68.6 Å². The molecule has 1 unspecified atom stereocenters. The van der Waals surface area contributed by atoms with E-state index in [1.807, 2.05) is 0 Å². The van der Waals surface area contributed by atoms with E-state index in [1.54, 1.807) is 29.2 Å². The lowest BCUT2D eigenvalue weighted by Crippen LogP contribution is -2.60. The van der Waals surface area contributed by atoms with Crippen molar-refractivity contribution in [2.24, 2.45) is 0 Å². The fraction of sp³-hybridized carbons (Fsp3) is 0.583. The number of hydrogen-bond donors (Lipinski definition) is 2. The molecule has 180 valence electrons. The maximum absolute atomic E-state index is 12.8. The van der Waals surface area contributed by atoms with Crippen molar-refractivity contribution in [2.45, 2.75) is 70.4 Å². The van der Waals surface area contributed by atoms with Crippen LogP contribution in [0.3, 0.4) is 0 Å². The van der Waals surface area contributed by atoms with E-state index < -0.39 is 17.9 Å². The van der Waals surface area contributed by atoms with Crippen molar-refractivity contribution in [1.82, 2.24) is 15.5 Å². The molecule has 3 rings (SSSR count). The second-order valence-electron chi connectivity index (χ2n) is 8.44. The fourth-order valence-electron chi connectivity index (χ4n) is 4.04. The Morgan fingerprint density at radius 1 is 1.24 bits per heavy atom. The number of carbonyl (C=O) groups excluding carboxylic acids is 3. The lowest BCUT2D eigenvalue weighted by molar-refractivity contribution is -0.153. The molecule has 0 radical (unpaired) electrons. The van der Waals surface area contributed by atoms with E-state index in [2.05, 4.69) is 17.6 Å². The van der Waals surface area contributed by atoms with Gasteiger partial charge in [-0.15, -0.1) is 0 Å². The lowest BCUT2D eigenvalue weighted by atomic mass is 9.98. The third kappa shape index (κ3) is 7.42. The van der Waals surface area contributed by atoms with Gasteiger partial charge in [-0.1, -0.05) is 25.8 Å². The van der Waals surface area contributed by atoms with Gasteiger partial charge >= 0.3 is 5.97 Å². The normalized spacial score (nSPS) is 18.9. The van der Waals surface area contributed by atoms with E-state index in [0.29, 0.717) is 31.0 Å². The molecule has 1 saturated heterocycles. The van der Waals surface area contributed by atoms with Gasteiger partial charge in [-0.3, -0.25) is 19.7 Å². The van der Waals surface area contributed by atoms with Gasteiger partial charge in [0.1, 0.15) is 17.9 Å². The van der Waals surface area contributed by atoms with Gasteiger partial charge in [0, 0.05) is 18.7 Å². The lowest BCUT2D eigenvalue weighted by Gasteiger charge is -2.36. The van der Waals surface area contributed by atoms with Crippen LogP contribution in [0.2, 0.25) is 0 Å². The molecule has 8 nitrogen and oxygen atoms in total. The number of hydrogen-bond acceptors (Lipinski definition) is 6. The minimum absolute atomic E-state index is 0.0789. The highest BCUT2D eigenvalue weighted by Crippen LogP contribution is 2.21. The number of benzene rings is 1. The van der Waals surface area contributed by atoms with Gasteiger partial charge < -0.3 is 19.7 Å². The van der Waals surface area contributed by atoms with Crippen LogP contribution in [-0.4, -0.2) is 59.6 Å². The summed E-state index contributed by atoms with van der Waals surface area (Å²) in [6.07, 6.45) is 6.75. The molecule has 2 amide bonds. The predicted molar refractivity (Wildman–Crippen MR) is 128 cm³/mol.